The first-order valence-corrected chi connectivity index (χ1v) is 6.72. The highest BCUT2D eigenvalue weighted by atomic mass is 16.5. The first-order chi connectivity index (χ1) is 8.99. The molecule has 0 spiro atoms. The maximum atomic E-state index is 11.5. The van der Waals surface area contributed by atoms with E-state index in [0.717, 1.165) is 12.2 Å². The van der Waals surface area contributed by atoms with Crippen LogP contribution in [0.5, 0.6) is 5.75 Å². The molecule has 1 aromatic rings. The van der Waals surface area contributed by atoms with Gasteiger partial charge in [-0.2, -0.15) is 0 Å². The summed E-state index contributed by atoms with van der Waals surface area (Å²) in [6, 6.07) is 8.03. The van der Waals surface area contributed by atoms with Gasteiger partial charge in [-0.15, -0.1) is 0 Å². The molecule has 0 heterocycles. The number of unbranched alkanes of at least 4 members (excludes halogenated alkanes) is 1. The van der Waals surface area contributed by atoms with E-state index in [-0.39, 0.29) is 5.91 Å². The van der Waals surface area contributed by atoms with Gasteiger partial charge in [0.15, 0.2) is 0 Å². The van der Waals surface area contributed by atoms with Gasteiger partial charge in [-0.05, 0) is 44.4 Å². The van der Waals surface area contributed by atoms with Crippen molar-refractivity contribution in [3.63, 3.8) is 0 Å². The van der Waals surface area contributed by atoms with Gasteiger partial charge in [-0.3, -0.25) is 10.2 Å². The molecular weight excluding hydrogens is 240 g/mol. The fourth-order valence-electron chi connectivity index (χ4n) is 1.66. The summed E-state index contributed by atoms with van der Waals surface area (Å²) in [7, 11) is 0. The molecule has 0 fully saturated rings. The van der Waals surface area contributed by atoms with Gasteiger partial charge in [-0.25, -0.2) is 5.84 Å². The Labute approximate surface area is 115 Å². The van der Waals surface area contributed by atoms with Crippen LogP contribution in [-0.2, 0) is 11.2 Å². The van der Waals surface area contributed by atoms with E-state index in [4.69, 9.17) is 10.6 Å². The summed E-state index contributed by atoms with van der Waals surface area (Å²) >= 11 is 0. The molecule has 4 nitrogen and oxygen atoms in total. The normalized spacial score (nSPS) is 11.2. The van der Waals surface area contributed by atoms with Crippen LogP contribution in [0, 0.1) is 5.41 Å². The summed E-state index contributed by atoms with van der Waals surface area (Å²) in [4.78, 5) is 11.5. The van der Waals surface area contributed by atoms with Gasteiger partial charge in [0.2, 0.25) is 5.91 Å². The van der Waals surface area contributed by atoms with E-state index in [1.54, 1.807) is 13.8 Å². The molecule has 1 amide bonds. The number of carbonyl (C=O) groups is 1. The van der Waals surface area contributed by atoms with E-state index in [2.05, 4.69) is 24.5 Å². The van der Waals surface area contributed by atoms with E-state index in [9.17, 15) is 4.79 Å². The van der Waals surface area contributed by atoms with Gasteiger partial charge in [0.05, 0.1) is 5.41 Å². The van der Waals surface area contributed by atoms with Gasteiger partial charge in [-0.1, -0.05) is 25.5 Å². The molecule has 3 N–H and O–H groups in total. The number of hydrogen-bond donors (Lipinski definition) is 2. The zero-order valence-corrected chi connectivity index (χ0v) is 12.0. The van der Waals surface area contributed by atoms with Crippen LogP contribution in [0.25, 0.3) is 0 Å². The van der Waals surface area contributed by atoms with E-state index >= 15 is 0 Å². The predicted octanol–water partition coefficient (Wildman–Crippen LogP) is 2.42. The van der Waals surface area contributed by atoms with E-state index in [1.165, 1.54) is 18.4 Å². The van der Waals surface area contributed by atoms with E-state index in [1.807, 2.05) is 12.1 Å². The lowest BCUT2D eigenvalue weighted by Gasteiger charge is -2.22. The number of benzene rings is 1. The van der Waals surface area contributed by atoms with Crippen LogP contribution >= 0.6 is 0 Å². The van der Waals surface area contributed by atoms with Crippen LogP contribution in [0.4, 0.5) is 0 Å². The van der Waals surface area contributed by atoms with Crippen LogP contribution in [0.15, 0.2) is 24.3 Å². The largest absolute Gasteiger partial charge is 0.492 e. The number of hydrogen-bond acceptors (Lipinski definition) is 3. The van der Waals surface area contributed by atoms with Crippen molar-refractivity contribution >= 4 is 5.91 Å². The molecule has 19 heavy (non-hydrogen) atoms. The summed E-state index contributed by atoms with van der Waals surface area (Å²) < 4.78 is 5.64. The molecule has 0 aliphatic carbocycles. The molecule has 0 aliphatic rings. The molecule has 0 radical (unpaired) electrons. The molecule has 1 aromatic carbocycles. The zero-order chi connectivity index (χ0) is 14.3. The highest BCUT2D eigenvalue weighted by Gasteiger charge is 2.27. The minimum Gasteiger partial charge on any atom is -0.492 e. The number of aryl methyl sites for hydroxylation is 1. The number of nitrogens with one attached hydrogen (secondary N) is 1. The molecule has 1 rings (SSSR count). The average molecular weight is 264 g/mol. The Morgan fingerprint density at radius 3 is 2.47 bits per heavy atom. The molecule has 0 saturated heterocycles. The summed E-state index contributed by atoms with van der Waals surface area (Å²) in [6.45, 7) is 6.07. The third kappa shape index (κ3) is 4.91. The predicted molar refractivity (Wildman–Crippen MR) is 76.7 cm³/mol. The van der Waals surface area contributed by atoms with Crippen LogP contribution in [0.1, 0.15) is 39.2 Å². The van der Waals surface area contributed by atoms with Gasteiger partial charge in [0, 0.05) is 0 Å². The molecule has 0 unspecified atom stereocenters. The van der Waals surface area contributed by atoms with Crippen molar-refractivity contribution in [1.82, 2.24) is 5.43 Å². The standard InChI is InChI=1S/C15H24N2O2/c1-4-5-6-12-7-9-13(10-8-12)19-11-15(2,3)14(18)17-16/h7-10H,4-6,11,16H2,1-3H3,(H,17,18). The third-order valence-electron chi connectivity index (χ3n) is 3.09. The zero-order valence-electron chi connectivity index (χ0n) is 12.0. The van der Waals surface area contributed by atoms with Crippen LogP contribution < -0.4 is 16.0 Å². The lowest BCUT2D eigenvalue weighted by Crippen LogP contribution is -2.44. The minimum atomic E-state index is -0.643. The van der Waals surface area contributed by atoms with E-state index < -0.39 is 5.41 Å². The summed E-state index contributed by atoms with van der Waals surface area (Å²) in [6.07, 6.45) is 3.49. The summed E-state index contributed by atoms with van der Waals surface area (Å²) in [5.41, 5.74) is 2.82. The van der Waals surface area contributed by atoms with Crippen LogP contribution in [0.3, 0.4) is 0 Å². The Hall–Kier alpha value is -1.55. The first kappa shape index (κ1) is 15.5. The minimum absolute atomic E-state index is 0.230. The number of ether oxygens (including phenoxy) is 1. The highest BCUT2D eigenvalue weighted by Crippen LogP contribution is 2.19. The number of nitrogens with two attached hydrogens (primary N) is 1. The fraction of sp³-hybridized carbons (Fsp3) is 0.533. The third-order valence-corrected chi connectivity index (χ3v) is 3.09. The van der Waals surface area contributed by atoms with Crippen LogP contribution in [0.2, 0.25) is 0 Å². The molecule has 0 aliphatic heterocycles. The molecule has 0 aromatic heterocycles. The topological polar surface area (TPSA) is 64.3 Å². The molecular formula is C15H24N2O2. The maximum Gasteiger partial charge on any atom is 0.242 e. The molecule has 106 valence electrons. The Morgan fingerprint density at radius 1 is 1.32 bits per heavy atom. The second-order valence-corrected chi connectivity index (χ2v) is 5.39. The molecule has 0 saturated carbocycles. The van der Waals surface area contributed by atoms with Crippen LogP contribution in [-0.4, -0.2) is 12.5 Å². The highest BCUT2D eigenvalue weighted by molar-refractivity contribution is 5.81. The van der Waals surface area contributed by atoms with E-state index in [0.29, 0.717) is 6.61 Å². The molecule has 4 heteroatoms. The average Bonchev–Trinajstić information content (AvgIpc) is 2.43. The maximum absolute atomic E-state index is 11.5. The SMILES string of the molecule is CCCCc1ccc(OCC(C)(C)C(=O)NN)cc1. The molecule has 0 atom stereocenters. The van der Waals surface area contributed by atoms with Crippen molar-refractivity contribution in [3.8, 4) is 5.75 Å². The number of rotatable bonds is 7. The van der Waals surface area contributed by atoms with Gasteiger partial charge in [0.25, 0.3) is 0 Å². The monoisotopic (exact) mass is 264 g/mol. The van der Waals surface area contributed by atoms with Crippen molar-refractivity contribution in [3.05, 3.63) is 29.8 Å². The van der Waals surface area contributed by atoms with Crippen molar-refractivity contribution in [2.75, 3.05) is 6.61 Å². The second-order valence-electron chi connectivity index (χ2n) is 5.39. The van der Waals surface area contributed by atoms with Gasteiger partial charge >= 0.3 is 0 Å². The smallest absolute Gasteiger partial charge is 0.242 e. The lowest BCUT2D eigenvalue weighted by atomic mass is 9.94. The van der Waals surface area contributed by atoms with Crippen molar-refractivity contribution in [1.29, 1.82) is 0 Å². The number of carbonyl (C=O) groups excluding carboxylic acids is 1. The summed E-state index contributed by atoms with van der Waals surface area (Å²) in [5.74, 6) is 5.68. The second kappa shape index (κ2) is 7.14. The van der Waals surface area contributed by atoms with Gasteiger partial charge < -0.3 is 4.74 Å². The van der Waals surface area contributed by atoms with Crippen molar-refractivity contribution in [2.24, 2.45) is 11.3 Å². The Morgan fingerprint density at radius 2 is 1.95 bits per heavy atom. The Balaban J connectivity index is 2.52. The first-order valence-electron chi connectivity index (χ1n) is 6.72. The molecule has 0 bridgehead atoms. The Kier molecular flexibility index (Phi) is 5.83. The Bertz CT molecular complexity index is 399. The quantitative estimate of drug-likeness (QED) is 0.451. The fourth-order valence-corrected chi connectivity index (χ4v) is 1.66. The van der Waals surface area contributed by atoms with Crippen molar-refractivity contribution in [2.45, 2.75) is 40.0 Å². The number of amides is 1. The van der Waals surface area contributed by atoms with Crippen molar-refractivity contribution < 1.29 is 9.53 Å². The summed E-state index contributed by atoms with van der Waals surface area (Å²) in [5, 5.41) is 0. The lowest BCUT2D eigenvalue weighted by molar-refractivity contribution is -0.130. The number of hydrazine groups is 1. The van der Waals surface area contributed by atoms with Gasteiger partial charge in [0.1, 0.15) is 12.4 Å².